The fourth-order valence-electron chi connectivity index (χ4n) is 5.99. The van der Waals surface area contributed by atoms with Crippen LogP contribution in [0.2, 0.25) is 0 Å². The number of carbonyl (C=O) groups is 4. The summed E-state index contributed by atoms with van der Waals surface area (Å²) in [6.45, 7) is 0. The van der Waals surface area contributed by atoms with Gasteiger partial charge < -0.3 is 30.5 Å². The number of Topliss-reactive ketones (excluding diaryl/α,β-unsaturated/α-hetero) is 2. The Balaban J connectivity index is 1.90. The summed E-state index contributed by atoms with van der Waals surface area (Å²) in [4.78, 5) is 52.8. The molecule has 4 atom stereocenters. The van der Waals surface area contributed by atoms with Gasteiger partial charge in [-0.3, -0.25) is 24.1 Å². The lowest BCUT2D eigenvalue weighted by Crippen LogP contribution is -2.65. The van der Waals surface area contributed by atoms with Crippen molar-refractivity contribution in [1.82, 2.24) is 10.2 Å². The lowest BCUT2D eigenvalue weighted by atomic mass is 9.57. The third-order valence-corrected chi connectivity index (χ3v) is 7.74. The number of carbonyl (C=O) groups excluding carboxylic acids is 4. The molecule has 11 heteroatoms. The predicted octanol–water partition coefficient (Wildman–Crippen LogP) is 0.330. The molecule has 0 radical (unpaired) electrons. The van der Waals surface area contributed by atoms with E-state index in [4.69, 9.17) is 4.74 Å². The number of aryl methyl sites for hydroxylation is 1. The highest BCUT2D eigenvalue weighted by Crippen LogP contribution is 2.53. The van der Waals surface area contributed by atoms with Crippen LogP contribution in [0.5, 0.6) is 5.75 Å². The van der Waals surface area contributed by atoms with Crippen molar-refractivity contribution in [2.75, 3.05) is 28.3 Å². The molecule has 1 amide bonds. The number of aliphatic hydroxyl groups is 3. The number of nitrogens with zero attached hydrogens (tertiary/aromatic N) is 1. The molecule has 0 aliphatic heterocycles. The van der Waals surface area contributed by atoms with Crippen LogP contribution in [0.3, 0.4) is 0 Å². The van der Waals surface area contributed by atoms with Gasteiger partial charge in [-0.15, -0.1) is 0 Å². The molecule has 0 saturated heterocycles. The quantitative estimate of drug-likeness (QED) is 0.272. The maximum absolute atomic E-state index is 13.9. The fraction of sp³-hybridized carbons (Fsp3) is 0.462. The van der Waals surface area contributed by atoms with Crippen molar-refractivity contribution in [1.29, 1.82) is 0 Å². The highest BCUT2D eigenvalue weighted by molar-refractivity contribution is 6.24. The van der Waals surface area contributed by atoms with Crippen LogP contribution in [-0.2, 0) is 36.8 Å². The van der Waals surface area contributed by atoms with Gasteiger partial charge in [0.15, 0.2) is 11.4 Å². The molecule has 1 saturated carbocycles. The lowest BCUT2D eigenvalue weighted by Gasteiger charge is -2.50. The summed E-state index contributed by atoms with van der Waals surface area (Å²) in [6.07, 6.45) is 0.533. The Hall–Kier alpha value is -3.70. The SMILES string of the molecule is CNC(=O)C1=C(O)[C@@]2(O)C(=O)C3=C(O)c4c(O)ccc(CCC(=O)OC)c4C[C@H]3C[C@H]2C(N(C)C)C1=O. The van der Waals surface area contributed by atoms with Crippen LogP contribution in [0.1, 0.15) is 29.5 Å². The van der Waals surface area contributed by atoms with Gasteiger partial charge in [-0.05, 0) is 56.5 Å². The van der Waals surface area contributed by atoms with Gasteiger partial charge in [0.1, 0.15) is 22.8 Å². The molecule has 1 fully saturated rings. The number of benzene rings is 1. The molecule has 0 heterocycles. The van der Waals surface area contributed by atoms with Crippen LogP contribution < -0.4 is 5.32 Å². The monoisotopic (exact) mass is 514 g/mol. The Kier molecular flexibility index (Phi) is 6.63. The van der Waals surface area contributed by atoms with E-state index in [1.165, 1.54) is 25.1 Å². The van der Waals surface area contributed by atoms with Crippen molar-refractivity contribution in [2.45, 2.75) is 37.3 Å². The van der Waals surface area contributed by atoms with E-state index in [-0.39, 0.29) is 42.6 Å². The van der Waals surface area contributed by atoms with Crippen molar-refractivity contribution < 1.29 is 44.3 Å². The summed E-state index contributed by atoms with van der Waals surface area (Å²) in [7, 11) is 5.66. The molecule has 0 bridgehead atoms. The standard InChI is InChI=1S/C26H30N2O9/c1-27-25(35)19-22(32)20(28(2)3)14-10-12-9-13-11(6-8-16(30)37-4)5-7-15(29)18(13)21(31)17(12)23(33)26(14,36)24(19)34/h5,7,12,14,20,29,31,34,36H,6,8-10H2,1-4H3,(H,27,35)/t12-,14-,20?,26-/m0/s1. The Morgan fingerprint density at radius 2 is 1.86 bits per heavy atom. The Bertz CT molecular complexity index is 1280. The second-order valence-corrected chi connectivity index (χ2v) is 9.85. The first-order valence-corrected chi connectivity index (χ1v) is 11.9. The van der Waals surface area contributed by atoms with Gasteiger partial charge in [-0.2, -0.15) is 0 Å². The van der Waals surface area contributed by atoms with E-state index in [1.807, 2.05) is 0 Å². The van der Waals surface area contributed by atoms with Crippen molar-refractivity contribution in [2.24, 2.45) is 11.8 Å². The van der Waals surface area contributed by atoms with Crippen LogP contribution in [0.15, 0.2) is 29.0 Å². The number of phenols is 1. The first-order valence-electron chi connectivity index (χ1n) is 11.9. The van der Waals surface area contributed by atoms with E-state index in [1.54, 1.807) is 20.2 Å². The zero-order valence-corrected chi connectivity index (χ0v) is 21.0. The Labute approximate surface area is 213 Å². The zero-order valence-electron chi connectivity index (χ0n) is 21.0. The van der Waals surface area contributed by atoms with Gasteiger partial charge >= 0.3 is 5.97 Å². The molecule has 3 aliphatic rings. The fourth-order valence-corrected chi connectivity index (χ4v) is 5.99. The average Bonchev–Trinajstić information content (AvgIpc) is 2.85. The van der Waals surface area contributed by atoms with E-state index in [2.05, 4.69) is 5.32 Å². The highest BCUT2D eigenvalue weighted by atomic mass is 16.5. The van der Waals surface area contributed by atoms with Gasteiger partial charge in [0, 0.05) is 25.0 Å². The van der Waals surface area contributed by atoms with Crippen LogP contribution in [0, 0.1) is 11.8 Å². The van der Waals surface area contributed by atoms with Crippen molar-refractivity contribution in [3.8, 4) is 5.75 Å². The molecule has 4 rings (SSSR count). The second kappa shape index (κ2) is 9.31. The summed E-state index contributed by atoms with van der Waals surface area (Å²) in [6, 6.07) is 1.87. The minimum atomic E-state index is -2.64. The number of fused-ring (bicyclic) bond motifs is 3. The maximum Gasteiger partial charge on any atom is 0.305 e. The van der Waals surface area contributed by atoms with Crippen molar-refractivity contribution in [3.05, 3.63) is 45.7 Å². The van der Waals surface area contributed by atoms with E-state index in [0.29, 0.717) is 11.1 Å². The van der Waals surface area contributed by atoms with E-state index >= 15 is 0 Å². The number of esters is 1. The Morgan fingerprint density at radius 1 is 1.19 bits per heavy atom. The smallest absolute Gasteiger partial charge is 0.305 e. The molecule has 0 aromatic heterocycles. The van der Waals surface area contributed by atoms with E-state index in [0.717, 1.165) is 0 Å². The summed E-state index contributed by atoms with van der Waals surface area (Å²) in [5, 5.41) is 46.8. The first kappa shape index (κ1) is 26.4. The largest absolute Gasteiger partial charge is 0.508 e. The summed E-state index contributed by atoms with van der Waals surface area (Å²) in [5.74, 6) is -6.81. The van der Waals surface area contributed by atoms with Crippen LogP contribution in [0.4, 0.5) is 0 Å². The number of aliphatic hydroxyl groups excluding tert-OH is 2. The highest BCUT2D eigenvalue weighted by Gasteiger charge is 2.64. The first-order chi connectivity index (χ1) is 17.4. The molecular formula is C26H30N2O9. The lowest BCUT2D eigenvalue weighted by molar-refractivity contribution is -0.153. The number of rotatable bonds is 5. The minimum absolute atomic E-state index is 0.00931. The topological polar surface area (TPSA) is 174 Å². The number of ketones is 2. The van der Waals surface area contributed by atoms with E-state index < -0.39 is 64.0 Å². The molecule has 198 valence electrons. The number of phenolic OH excluding ortho intramolecular Hbond substituents is 1. The zero-order chi connectivity index (χ0) is 27.4. The van der Waals surface area contributed by atoms with Crippen LogP contribution in [0.25, 0.3) is 5.76 Å². The van der Waals surface area contributed by atoms with E-state index in [9.17, 15) is 39.6 Å². The molecular weight excluding hydrogens is 484 g/mol. The average molecular weight is 515 g/mol. The number of aromatic hydroxyl groups is 1. The van der Waals surface area contributed by atoms with Crippen LogP contribution >= 0.6 is 0 Å². The molecule has 11 nitrogen and oxygen atoms in total. The van der Waals surface area contributed by atoms with Crippen molar-refractivity contribution >= 4 is 29.2 Å². The summed E-state index contributed by atoms with van der Waals surface area (Å²) in [5.41, 5.74) is -2.32. The number of hydrogen-bond donors (Lipinski definition) is 5. The Morgan fingerprint density at radius 3 is 2.46 bits per heavy atom. The molecule has 3 aliphatic carbocycles. The third-order valence-electron chi connectivity index (χ3n) is 7.74. The van der Waals surface area contributed by atoms with Gasteiger partial charge in [-0.1, -0.05) is 6.07 Å². The summed E-state index contributed by atoms with van der Waals surface area (Å²) >= 11 is 0. The molecule has 37 heavy (non-hydrogen) atoms. The molecule has 0 spiro atoms. The number of nitrogens with one attached hydrogen (secondary N) is 1. The third kappa shape index (κ3) is 3.80. The number of amides is 1. The predicted molar refractivity (Wildman–Crippen MR) is 129 cm³/mol. The van der Waals surface area contributed by atoms with Crippen LogP contribution in [-0.4, -0.2) is 88.7 Å². The number of methoxy groups -OCH3 is 1. The summed E-state index contributed by atoms with van der Waals surface area (Å²) < 4.78 is 4.71. The second-order valence-electron chi connectivity index (χ2n) is 9.85. The molecule has 1 aromatic carbocycles. The number of likely N-dealkylation sites (N-methyl/N-ethyl adjacent to an activating group) is 2. The number of hydrogen-bond acceptors (Lipinski definition) is 10. The molecule has 5 N–H and O–H groups in total. The maximum atomic E-state index is 13.9. The van der Waals surface area contributed by atoms with Gasteiger partial charge in [-0.25, -0.2) is 0 Å². The molecule has 1 unspecified atom stereocenters. The molecule has 1 aromatic rings. The van der Waals surface area contributed by atoms with Crippen molar-refractivity contribution in [3.63, 3.8) is 0 Å². The minimum Gasteiger partial charge on any atom is -0.508 e. The van der Waals surface area contributed by atoms with Gasteiger partial charge in [0.25, 0.3) is 5.91 Å². The van der Waals surface area contributed by atoms with Gasteiger partial charge in [0.2, 0.25) is 5.78 Å². The van der Waals surface area contributed by atoms with Gasteiger partial charge in [0.05, 0.1) is 18.7 Å². The number of ether oxygens (including phenoxy) is 1. The normalized spacial score (nSPS) is 27.0.